The normalized spacial score (nSPS) is 12.5. The molecular weight excluding hydrogens is 278 g/mol. The van der Waals surface area contributed by atoms with Gasteiger partial charge in [-0.25, -0.2) is 0 Å². The monoisotopic (exact) mass is 295 g/mol. The summed E-state index contributed by atoms with van der Waals surface area (Å²) in [6.07, 6.45) is 1.97. The van der Waals surface area contributed by atoms with Gasteiger partial charge in [0.05, 0.1) is 4.34 Å². The summed E-state index contributed by atoms with van der Waals surface area (Å²) in [5.74, 6) is 0.318. The summed E-state index contributed by atoms with van der Waals surface area (Å²) in [6.45, 7) is 3.13. The quantitative estimate of drug-likeness (QED) is 0.848. The van der Waals surface area contributed by atoms with E-state index in [9.17, 15) is 5.11 Å². The lowest BCUT2D eigenvalue weighted by Crippen LogP contribution is -2.29. The highest BCUT2D eigenvalue weighted by molar-refractivity contribution is 7.16. The molecule has 2 N–H and O–H groups in total. The molecule has 19 heavy (non-hydrogen) atoms. The fraction of sp³-hybridized carbons (Fsp3) is 0.333. The summed E-state index contributed by atoms with van der Waals surface area (Å²) in [5, 5.41) is 12.7. The molecule has 2 nitrogen and oxygen atoms in total. The van der Waals surface area contributed by atoms with Crippen LogP contribution in [-0.4, -0.2) is 17.7 Å². The Bertz CT molecular complexity index is 509. The molecule has 0 aliphatic rings. The second-order valence-corrected chi connectivity index (χ2v) is 6.48. The highest BCUT2D eigenvalue weighted by Crippen LogP contribution is 2.21. The number of hydrogen-bond donors (Lipinski definition) is 2. The predicted molar refractivity (Wildman–Crippen MR) is 82.3 cm³/mol. The lowest BCUT2D eigenvalue weighted by atomic mass is 10.1. The van der Waals surface area contributed by atoms with Crippen LogP contribution in [-0.2, 0) is 12.8 Å². The molecule has 0 radical (unpaired) electrons. The van der Waals surface area contributed by atoms with Gasteiger partial charge in [-0.3, -0.25) is 0 Å². The Kier molecular flexibility index (Phi) is 5.25. The molecule has 1 aromatic carbocycles. The zero-order chi connectivity index (χ0) is 13.7. The van der Waals surface area contributed by atoms with E-state index in [0.29, 0.717) is 11.8 Å². The molecule has 2 rings (SSSR count). The number of nitrogens with one attached hydrogen (secondary N) is 1. The lowest BCUT2D eigenvalue weighted by Gasteiger charge is -2.13. The molecule has 1 unspecified atom stereocenters. The molecule has 1 atom stereocenters. The van der Waals surface area contributed by atoms with Gasteiger partial charge in [0.1, 0.15) is 5.75 Å². The van der Waals surface area contributed by atoms with Crippen LogP contribution in [0, 0.1) is 0 Å². The van der Waals surface area contributed by atoms with Crippen LogP contribution < -0.4 is 5.32 Å². The van der Waals surface area contributed by atoms with Crippen LogP contribution in [0.15, 0.2) is 36.4 Å². The minimum atomic E-state index is 0.318. The van der Waals surface area contributed by atoms with E-state index < -0.39 is 0 Å². The van der Waals surface area contributed by atoms with Gasteiger partial charge in [0.25, 0.3) is 0 Å². The van der Waals surface area contributed by atoms with Crippen molar-refractivity contribution < 1.29 is 5.11 Å². The third-order valence-electron chi connectivity index (χ3n) is 2.97. The van der Waals surface area contributed by atoms with Gasteiger partial charge in [-0.2, -0.15) is 0 Å². The van der Waals surface area contributed by atoms with Crippen molar-refractivity contribution in [2.45, 2.75) is 25.8 Å². The standard InChI is InChI=1S/C15H18ClNOS/c1-11(10-12-2-4-13(18)5-3-12)17-9-8-14-6-7-15(16)19-14/h2-7,11,17-18H,8-10H2,1H3. The molecule has 0 fully saturated rings. The van der Waals surface area contributed by atoms with Crippen LogP contribution >= 0.6 is 22.9 Å². The van der Waals surface area contributed by atoms with Gasteiger partial charge in [-0.1, -0.05) is 23.7 Å². The number of aromatic hydroxyl groups is 1. The van der Waals surface area contributed by atoms with Crippen LogP contribution in [0.25, 0.3) is 0 Å². The van der Waals surface area contributed by atoms with Gasteiger partial charge in [0.15, 0.2) is 0 Å². The maximum atomic E-state index is 9.24. The van der Waals surface area contributed by atoms with Crippen molar-refractivity contribution in [2.24, 2.45) is 0 Å². The smallest absolute Gasteiger partial charge is 0.115 e. The summed E-state index contributed by atoms with van der Waals surface area (Å²) in [5.41, 5.74) is 1.23. The Hall–Kier alpha value is -1.03. The van der Waals surface area contributed by atoms with Crippen LogP contribution in [0.3, 0.4) is 0 Å². The van der Waals surface area contributed by atoms with Crippen molar-refractivity contribution in [3.63, 3.8) is 0 Å². The fourth-order valence-electron chi connectivity index (χ4n) is 1.99. The molecule has 1 aromatic heterocycles. The molecule has 102 valence electrons. The maximum absolute atomic E-state index is 9.24. The van der Waals surface area contributed by atoms with Crippen molar-refractivity contribution in [2.75, 3.05) is 6.54 Å². The first-order valence-corrected chi connectivity index (χ1v) is 7.58. The fourth-order valence-corrected chi connectivity index (χ4v) is 3.07. The van der Waals surface area contributed by atoms with Gasteiger partial charge in [-0.15, -0.1) is 11.3 Å². The Morgan fingerprint density at radius 2 is 1.95 bits per heavy atom. The number of rotatable bonds is 6. The van der Waals surface area contributed by atoms with E-state index in [-0.39, 0.29) is 0 Å². The van der Waals surface area contributed by atoms with E-state index in [1.54, 1.807) is 23.5 Å². The first-order chi connectivity index (χ1) is 9.13. The zero-order valence-electron chi connectivity index (χ0n) is 10.9. The highest BCUT2D eigenvalue weighted by atomic mass is 35.5. The van der Waals surface area contributed by atoms with Gasteiger partial charge >= 0.3 is 0 Å². The number of halogens is 1. The average molecular weight is 296 g/mol. The minimum Gasteiger partial charge on any atom is -0.508 e. The summed E-state index contributed by atoms with van der Waals surface area (Å²) in [6, 6.07) is 11.8. The van der Waals surface area contributed by atoms with Gasteiger partial charge < -0.3 is 10.4 Å². The second kappa shape index (κ2) is 6.94. The summed E-state index contributed by atoms with van der Waals surface area (Å²) >= 11 is 7.54. The largest absolute Gasteiger partial charge is 0.508 e. The summed E-state index contributed by atoms with van der Waals surface area (Å²) < 4.78 is 0.854. The average Bonchev–Trinajstić information content (AvgIpc) is 2.78. The van der Waals surface area contributed by atoms with E-state index >= 15 is 0 Å². The molecular formula is C15H18ClNOS. The van der Waals surface area contributed by atoms with Crippen LogP contribution in [0.5, 0.6) is 5.75 Å². The summed E-state index contributed by atoms with van der Waals surface area (Å²) in [4.78, 5) is 1.31. The van der Waals surface area contributed by atoms with E-state index in [2.05, 4.69) is 18.3 Å². The maximum Gasteiger partial charge on any atom is 0.115 e. The molecule has 0 amide bonds. The van der Waals surface area contributed by atoms with E-state index in [1.165, 1.54) is 10.4 Å². The SMILES string of the molecule is CC(Cc1ccc(O)cc1)NCCc1ccc(Cl)s1. The molecule has 0 aliphatic heterocycles. The van der Waals surface area contributed by atoms with Crippen molar-refractivity contribution in [1.29, 1.82) is 0 Å². The lowest BCUT2D eigenvalue weighted by molar-refractivity contribution is 0.474. The third kappa shape index (κ3) is 4.86. The number of thiophene rings is 1. The summed E-state index contributed by atoms with van der Waals surface area (Å²) in [7, 11) is 0. The van der Waals surface area contributed by atoms with E-state index in [4.69, 9.17) is 11.6 Å². The molecule has 1 heterocycles. The Balaban J connectivity index is 1.72. The number of phenols is 1. The molecule has 0 spiro atoms. The third-order valence-corrected chi connectivity index (χ3v) is 4.26. The van der Waals surface area contributed by atoms with E-state index in [0.717, 1.165) is 23.7 Å². The minimum absolute atomic E-state index is 0.318. The van der Waals surface area contributed by atoms with Crippen molar-refractivity contribution >= 4 is 22.9 Å². The number of hydrogen-bond acceptors (Lipinski definition) is 3. The number of benzene rings is 1. The van der Waals surface area contributed by atoms with Crippen molar-refractivity contribution in [1.82, 2.24) is 5.32 Å². The topological polar surface area (TPSA) is 32.3 Å². The molecule has 0 bridgehead atoms. The van der Waals surface area contributed by atoms with Gasteiger partial charge in [0.2, 0.25) is 0 Å². The van der Waals surface area contributed by atoms with Gasteiger partial charge in [0, 0.05) is 17.5 Å². The Labute approximate surface area is 123 Å². The van der Waals surface area contributed by atoms with E-state index in [1.807, 2.05) is 18.2 Å². The molecule has 0 saturated carbocycles. The van der Waals surface area contributed by atoms with Crippen LogP contribution in [0.2, 0.25) is 4.34 Å². The molecule has 4 heteroatoms. The second-order valence-electron chi connectivity index (χ2n) is 4.68. The van der Waals surface area contributed by atoms with Crippen molar-refractivity contribution in [3.05, 3.63) is 51.2 Å². The molecule has 2 aromatic rings. The first kappa shape index (κ1) is 14.4. The highest BCUT2D eigenvalue weighted by Gasteiger charge is 2.04. The predicted octanol–water partition coefficient (Wildman–Crippen LogP) is 3.87. The zero-order valence-corrected chi connectivity index (χ0v) is 12.5. The molecule has 0 aliphatic carbocycles. The Morgan fingerprint density at radius 1 is 1.21 bits per heavy atom. The molecule has 0 saturated heterocycles. The first-order valence-electron chi connectivity index (χ1n) is 6.39. The number of phenolic OH excluding ortho intramolecular Hbond substituents is 1. The van der Waals surface area contributed by atoms with Crippen LogP contribution in [0.4, 0.5) is 0 Å². The van der Waals surface area contributed by atoms with Gasteiger partial charge in [-0.05, 0) is 49.6 Å². The Morgan fingerprint density at radius 3 is 2.58 bits per heavy atom. The van der Waals surface area contributed by atoms with Crippen molar-refractivity contribution in [3.8, 4) is 5.75 Å². The van der Waals surface area contributed by atoms with Crippen LogP contribution in [0.1, 0.15) is 17.4 Å².